The first-order valence-corrected chi connectivity index (χ1v) is 7.96. The molecule has 1 amide bonds. The van der Waals surface area contributed by atoms with Crippen molar-refractivity contribution >= 4 is 17.7 Å². The molecule has 2 aromatic rings. The van der Waals surface area contributed by atoms with E-state index >= 15 is 0 Å². The minimum Gasteiger partial charge on any atom is -0.496 e. The fourth-order valence-electron chi connectivity index (χ4n) is 2.44. The van der Waals surface area contributed by atoms with Crippen LogP contribution in [0.3, 0.4) is 0 Å². The lowest BCUT2D eigenvalue weighted by atomic mass is 10.1. The summed E-state index contributed by atoms with van der Waals surface area (Å²) in [6.07, 6.45) is 3.07. The van der Waals surface area contributed by atoms with Crippen LogP contribution in [0.1, 0.15) is 11.1 Å². The third kappa shape index (κ3) is 4.47. The maximum absolute atomic E-state index is 12.3. The Morgan fingerprint density at radius 1 is 0.846 bits per heavy atom. The summed E-state index contributed by atoms with van der Waals surface area (Å²) >= 11 is 0. The number of carbonyl (C=O) groups is 1. The van der Waals surface area contributed by atoms with Gasteiger partial charge in [0.1, 0.15) is 11.5 Å². The SMILES string of the molecule is COc1cc(OC)c(OC)cc1/C=C/C(=O)Nc1cc(C)ccc1OC. The van der Waals surface area contributed by atoms with Gasteiger partial charge < -0.3 is 24.3 Å². The van der Waals surface area contributed by atoms with Crippen molar-refractivity contribution in [2.24, 2.45) is 0 Å². The molecule has 2 rings (SSSR count). The highest BCUT2D eigenvalue weighted by Crippen LogP contribution is 2.35. The van der Waals surface area contributed by atoms with Crippen LogP contribution in [0.5, 0.6) is 23.0 Å². The minimum atomic E-state index is -0.286. The zero-order chi connectivity index (χ0) is 19.1. The molecular formula is C20H23NO5. The first kappa shape index (κ1) is 19.2. The van der Waals surface area contributed by atoms with Gasteiger partial charge in [-0.25, -0.2) is 0 Å². The lowest BCUT2D eigenvalue weighted by Gasteiger charge is -2.12. The summed E-state index contributed by atoms with van der Waals surface area (Å²) in [5.74, 6) is 1.98. The Bertz CT molecular complexity index is 814. The molecule has 0 aliphatic carbocycles. The molecule has 0 saturated carbocycles. The van der Waals surface area contributed by atoms with Crippen LogP contribution >= 0.6 is 0 Å². The van der Waals surface area contributed by atoms with Crippen molar-refractivity contribution in [2.75, 3.05) is 33.8 Å². The molecule has 0 fully saturated rings. The average Bonchev–Trinajstić information content (AvgIpc) is 2.65. The van der Waals surface area contributed by atoms with E-state index in [0.717, 1.165) is 5.56 Å². The van der Waals surface area contributed by atoms with Gasteiger partial charge in [0.25, 0.3) is 0 Å². The predicted octanol–water partition coefficient (Wildman–Crippen LogP) is 3.68. The van der Waals surface area contributed by atoms with Crippen LogP contribution in [-0.2, 0) is 4.79 Å². The number of methoxy groups -OCH3 is 4. The number of rotatable bonds is 7. The highest BCUT2D eigenvalue weighted by Gasteiger charge is 2.11. The smallest absolute Gasteiger partial charge is 0.248 e. The molecular weight excluding hydrogens is 334 g/mol. The summed E-state index contributed by atoms with van der Waals surface area (Å²) < 4.78 is 21.2. The van der Waals surface area contributed by atoms with E-state index in [9.17, 15) is 4.79 Å². The van der Waals surface area contributed by atoms with Crippen molar-refractivity contribution in [3.8, 4) is 23.0 Å². The number of ether oxygens (including phenoxy) is 4. The van der Waals surface area contributed by atoms with E-state index in [2.05, 4.69) is 5.32 Å². The molecule has 0 heterocycles. The topological polar surface area (TPSA) is 66.0 Å². The summed E-state index contributed by atoms with van der Waals surface area (Å²) in [5.41, 5.74) is 2.32. The van der Waals surface area contributed by atoms with Crippen LogP contribution in [0.15, 0.2) is 36.4 Å². The fraction of sp³-hybridized carbons (Fsp3) is 0.250. The quantitative estimate of drug-likeness (QED) is 0.766. The van der Waals surface area contributed by atoms with Crippen LogP contribution < -0.4 is 24.3 Å². The summed E-state index contributed by atoms with van der Waals surface area (Å²) in [4.78, 5) is 12.3. The molecule has 0 radical (unpaired) electrons. The molecule has 0 aromatic heterocycles. The number of aryl methyl sites for hydroxylation is 1. The molecule has 0 atom stereocenters. The minimum absolute atomic E-state index is 0.286. The average molecular weight is 357 g/mol. The Hall–Kier alpha value is -3.15. The van der Waals surface area contributed by atoms with E-state index in [1.54, 1.807) is 46.6 Å². The van der Waals surface area contributed by atoms with Crippen molar-refractivity contribution in [2.45, 2.75) is 6.92 Å². The van der Waals surface area contributed by atoms with Gasteiger partial charge in [0.2, 0.25) is 5.91 Å². The molecule has 0 spiro atoms. The zero-order valence-electron chi connectivity index (χ0n) is 15.6. The first-order valence-electron chi connectivity index (χ1n) is 7.96. The van der Waals surface area contributed by atoms with E-state index in [-0.39, 0.29) is 5.91 Å². The van der Waals surface area contributed by atoms with Crippen molar-refractivity contribution in [3.63, 3.8) is 0 Å². The normalized spacial score (nSPS) is 10.5. The molecule has 0 aliphatic heterocycles. The van der Waals surface area contributed by atoms with Gasteiger partial charge in [-0.05, 0) is 36.8 Å². The molecule has 0 saturated heterocycles. The Balaban J connectivity index is 2.24. The number of carbonyl (C=O) groups excluding carboxylic acids is 1. The first-order chi connectivity index (χ1) is 12.5. The number of benzene rings is 2. The second-order valence-electron chi connectivity index (χ2n) is 5.48. The third-order valence-electron chi connectivity index (χ3n) is 3.76. The largest absolute Gasteiger partial charge is 0.496 e. The second-order valence-corrected chi connectivity index (χ2v) is 5.48. The van der Waals surface area contributed by atoms with Crippen LogP contribution in [0.4, 0.5) is 5.69 Å². The summed E-state index contributed by atoms with van der Waals surface area (Å²) in [7, 11) is 6.21. The van der Waals surface area contributed by atoms with Gasteiger partial charge >= 0.3 is 0 Å². The fourth-order valence-corrected chi connectivity index (χ4v) is 2.44. The summed E-state index contributed by atoms with van der Waals surface area (Å²) in [6, 6.07) is 9.03. The molecule has 0 unspecified atom stereocenters. The Kier molecular flexibility index (Phi) is 6.49. The van der Waals surface area contributed by atoms with Crippen molar-refractivity contribution in [1.82, 2.24) is 0 Å². The molecule has 2 aromatic carbocycles. The highest BCUT2D eigenvalue weighted by atomic mass is 16.5. The zero-order valence-corrected chi connectivity index (χ0v) is 15.6. The Morgan fingerprint density at radius 2 is 1.46 bits per heavy atom. The maximum atomic E-state index is 12.3. The predicted molar refractivity (Wildman–Crippen MR) is 101 cm³/mol. The summed E-state index contributed by atoms with van der Waals surface area (Å²) in [5, 5.41) is 2.81. The monoisotopic (exact) mass is 357 g/mol. The van der Waals surface area contributed by atoms with Gasteiger partial charge in [-0.3, -0.25) is 4.79 Å². The number of hydrogen-bond donors (Lipinski definition) is 1. The van der Waals surface area contributed by atoms with Gasteiger partial charge in [-0.2, -0.15) is 0 Å². The van der Waals surface area contributed by atoms with E-state index < -0.39 is 0 Å². The van der Waals surface area contributed by atoms with Gasteiger partial charge in [0.05, 0.1) is 34.1 Å². The van der Waals surface area contributed by atoms with Crippen LogP contribution in [0.2, 0.25) is 0 Å². The Labute approximate surface area is 153 Å². The van der Waals surface area contributed by atoms with Crippen LogP contribution in [-0.4, -0.2) is 34.3 Å². The lowest BCUT2D eigenvalue weighted by Crippen LogP contribution is -2.09. The van der Waals surface area contributed by atoms with Gasteiger partial charge in [0, 0.05) is 17.7 Å². The van der Waals surface area contributed by atoms with E-state index in [1.165, 1.54) is 6.08 Å². The van der Waals surface area contributed by atoms with Gasteiger partial charge in [-0.15, -0.1) is 0 Å². The van der Waals surface area contributed by atoms with Crippen molar-refractivity contribution in [1.29, 1.82) is 0 Å². The highest BCUT2D eigenvalue weighted by molar-refractivity contribution is 6.03. The maximum Gasteiger partial charge on any atom is 0.248 e. The summed E-state index contributed by atoms with van der Waals surface area (Å²) in [6.45, 7) is 1.94. The lowest BCUT2D eigenvalue weighted by molar-refractivity contribution is -0.111. The molecule has 138 valence electrons. The molecule has 1 N–H and O–H groups in total. The van der Waals surface area contributed by atoms with Crippen LogP contribution in [0.25, 0.3) is 6.08 Å². The van der Waals surface area contributed by atoms with E-state index in [0.29, 0.717) is 34.2 Å². The van der Waals surface area contributed by atoms with Gasteiger partial charge in [0.15, 0.2) is 11.5 Å². The van der Waals surface area contributed by atoms with E-state index in [1.807, 2.05) is 25.1 Å². The number of amides is 1. The third-order valence-corrected chi connectivity index (χ3v) is 3.76. The number of nitrogens with one attached hydrogen (secondary N) is 1. The molecule has 0 aliphatic rings. The second kappa shape index (κ2) is 8.80. The van der Waals surface area contributed by atoms with Gasteiger partial charge in [-0.1, -0.05) is 6.07 Å². The number of hydrogen-bond acceptors (Lipinski definition) is 5. The molecule has 26 heavy (non-hydrogen) atoms. The van der Waals surface area contributed by atoms with E-state index in [4.69, 9.17) is 18.9 Å². The molecule has 6 heteroatoms. The van der Waals surface area contributed by atoms with Crippen molar-refractivity contribution in [3.05, 3.63) is 47.5 Å². The number of anilines is 1. The van der Waals surface area contributed by atoms with Crippen LogP contribution in [0, 0.1) is 6.92 Å². The molecule has 6 nitrogen and oxygen atoms in total. The van der Waals surface area contributed by atoms with Crippen molar-refractivity contribution < 1.29 is 23.7 Å². The molecule has 0 bridgehead atoms. The standard InChI is InChI=1S/C20H23NO5/c1-13-6-8-16(23-2)15(10-13)21-20(22)9-7-14-11-18(25-4)19(26-5)12-17(14)24-3/h6-12H,1-5H3,(H,21,22)/b9-7+. The Morgan fingerprint density at radius 3 is 2.08 bits per heavy atom.